The number of fused-ring (bicyclic) bond motifs is 1. The summed E-state index contributed by atoms with van der Waals surface area (Å²) < 4.78 is 11.1. The minimum Gasteiger partial charge on any atom is -0.317 e. The zero-order chi connectivity index (χ0) is 16.9. The summed E-state index contributed by atoms with van der Waals surface area (Å²) in [6.45, 7) is 1.95. The Bertz CT molecular complexity index is 759. The molecule has 1 fully saturated rings. The van der Waals surface area contributed by atoms with Crippen molar-refractivity contribution in [1.82, 2.24) is 0 Å². The summed E-state index contributed by atoms with van der Waals surface area (Å²) in [4.78, 5) is 2.91. The molecule has 118 valence electrons. The van der Waals surface area contributed by atoms with E-state index in [0.717, 1.165) is 5.56 Å². The fraction of sp³-hybridized carbons (Fsp3) is 0.471. The van der Waals surface area contributed by atoms with Gasteiger partial charge in [0.25, 0.3) is 5.84 Å². The first-order chi connectivity index (χ1) is 11.0. The summed E-state index contributed by atoms with van der Waals surface area (Å²) in [5, 5.41) is 20.2. The predicted molar refractivity (Wildman–Crippen MR) is 81.4 cm³/mol. The molecule has 3 atom stereocenters. The first kappa shape index (κ1) is 15.5. The lowest BCUT2D eigenvalue weighted by molar-refractivity contribution is -0.689. The summed E-state index contributed by atoms with van der Waals surface area (Å²) in [6, 6.07) is 14.2. The van der Waals surface area contributed by atoms with Crippen LogP contribution >= 0.6 is 0 Å². The Balaban J connectivity index is 2.40. The largest absolute Gasteiger partial charge is 0.343 e. The van der Waals surface area contributed by atoms with Crippen LogP contribution in [0, 0.1) is 33.5 Å². The monoisotopic (exact) mass is 311 g/mol. The van der Waals surface area contributed by atoms with Crippen LogP contribution in [0.15, 0.2) is 30.3 Å². The molecule has 0 unspecified atom stereocenters. The third-order valence-electron chi connectivity index (χ3n) is 5.68. The van der Waals surface area contributed by atoms with Crippen molar-refractivity contribution in [2.24, 2.45) is 16.6 Å². The molecule has 0 amide bonds. The van der Waals surface area contributed by atoms with Crippen LogP contribution in [-0.4, -0.2) is 26.0 Å². The number of hydrogen-bond donors (Lipinski definition) is 2. The smallest absolute Gasteiger partial charge is 0.317 e. The maximum absolute atomic E-state index is 10.1. The Morgan fingerprint density at radius 3 is 2.17 bits per heavy atom. The Hall–Kier alpha value is -2.41. The summed E-state index contributed by atoms with van der Waals surface area (Å²) >= 11 is 0. The maximum Gasteiger partial charge on any atom is 0.343 e. The number of benzene rings is 1. The van der Waals surface area contributed by atoms with Crippen LogP contribution in [0.2, 0.25) is 0 Å². The summed E-state index contributed by atoms with van der Waals surface area (Å²) in [5.41, 5.74) is 3.81. The minimum absolute atomic E-state index is 0.218. The third-order valence-corrected chi connectivity index (χ3v) is 5.68. The van der Waals surface area contributed by atoms with Crippen LogP contribution in [0.3, 0.4) is 0 Å². The second-order valence-electron chi connectivity index (χ2n) is 5.91. The van der Waals surface area contributed by atoms with Gasteiger partial charge < -0.3 is 9.47 Å². The molecule has 1 saturated carbocycles. The number of nitriles is 2. The predicted octanol–water partition coefficient (Wildman–Crippen LogP) is -0.234. The molecule has 0 spiro atoms. The number of rotatable bonds is 4. The standard InChI is InChI=1S/C17H18N4O2/c1-4-14(12-8-6-5-7-9-12)15(10-18)13(20)21-17(22-2,23-3)16(14,15)11-19/h5-9H,4H2,1-3H3,(H2,20,21)/p+1/t14-,15+,16-/m1/s1. The summed E-state index contributed by atoms with van der Waals surface area (Å²) in [7, 11) is 2.89. The van der Waals surface area contributed by atoms with E-state index in [4.69, 9.17) is 15.2 Å². The quantitative estimate of drug-likeness (QED) is 0.747. The van der Waals surface area contributed by atoms with Crippen LogP contribution in [0.25, 0.3) is 0 Å². The summed E-state index contributed by atoms with van der Waals surface area (Å²) in [5.74, 6) is -1.25. The van der Waals surface area contributed by atoms with Gasteiger partial charge in [-0.3, -0.25) is 5.73 Å². The van der Waals surface area contributed by atoms with Crippen molar-refractivity contribution in [3.63, 3.8) is 0 Å². The van der Waals surface area contributed by atoms with E-state index in [1.54, 1.807) is 0 Å². The molecule has 3 N–H and O–H groups in total. The molecule has 1 aliphatic heterocycles. The molecule has 1 aromatic carbocycles. The highest BCUT2D eigenvalue weighted by atomic mass is 16.7. The molecule has 3 rings (SSSR count). The minimum atomic E-state index is -1.46. The van der Waals surface area contributed by atoms with Crippen molar-refractivity contribution >= 4 is 5.84 Å². The second kappa shape index (κ2) is 4.55. The van der Waals surface area contributed by atoms with Crippen molar-refractivity contribution in [1.29, 1.82) is 10.5 Å². The van der Waals surface area contributed by atoms with Crippen molar-refractivity contribution in [2.75, 3.05) is 14.2 Å². The van der Waals surface area contributed by atoms with E-state index < -0.39 is 22.2 Å². The average Bonchev–Trinajstić information content (AvgIpc) is 3.10. The fourth-order valence-electron chi connectivity index (χ4n) is 4.83. The molecule has 1 aromatic rings. The Kier molecular flexibility index (Phi) is 3.06. The van der Waals surface area contributed by atoms with Crippen molar-refractivity contribution in [3.8, 4) is 12.1 Å². The first-order valence-corrected chi connectivity index (χ1v) is 7.43. The van der Waals surface area contributed by atoms with Crippen molar-refractivity contribution in [2.45, 2.75) is 24.7 Å². The van der Waals surface area contributed by atoms with Gasteiger partial charge in [-0.15, -0.1) is 0 Å². The Morgan fingerprint density at radius 1 is 1.13 bits per heavy atom. The van der Waals surface area contributed by atoms with Crippen molar-refractivity contribution < 1.29 is 14.5 Å². The van der Waals surface area contributed by atoms with Crippen LogP contribution in [0.4, 0.5) is 0 Å². The number of nitrogens with two attached hydrogens (primary N) is 1. The molecule has 0 saturated heterocycles. The van der Waals surface area contributed by atoms with Crippen LogP contribution in [0.1, 0.15) is 18.9 Å². The maximum atomic E-state index is 10.1. The van der Waals surface area contributed by atoms with Crippen LogP contribution < -0.4 is 10.7 Å². The number of nitrogens with one attached hydrogen (secondary N) is 1. The number of nitrogens with zero attached hydrogens (tertiary/aromatic N) is 2. The normalized spacial score (nSPS) is 36.5. The van der Waals surface area contributed by atoms with Gasteiger partial charge >= 0.3 is 5.91 Å². The van der Waals surface area contributed by atoms with Crippen LogP contribution in [0.5, 0.6) is 0 Å². The third kappa shape index (κ3) is 1.18. The fourth-order valence-corrected chi connectivity index (χ4v) is 4.83. The van der Waals surface area contributed by atoms with E-state index in [1.165, 1.54) is 14.2 Å². The molecule has 6 nitrogen and oxygen atoms in total. The number of hydrogen-bond acceptors (Lipinski definition) is 5. The highest BCUT2D eigenvalue weighted by molar-refractivity contribution is 5.97. The average molecular weight is 311 g/mol. The molecule has 1 aliphatic carbocycles. The highest BCUT2D eigenvalue weighted by Crippen LogP contribution is 2.83. The van der Waals surface area contributed by atoms with E-state index in [9.17, 15) is 10.5 Å². The van der Waals surface area contributed by atoms with E-state index in [0.29, 0.717) is 6.42 Å². The second-order valence-corrected chi connectivity index (χ2v) is 5.91. The van der Waals surface area contributed by atoms with Gasteiger partial charge in [0.2, 0.25) is 0 Å². The molecule has 0 aromatic heterocycles. The molecular weight excluding hydrogens is 292 g/mol. The lowest BCUT2D eigenvalue weighted by Crippen LogP contribution is -2.91. The Labute approximate surface area is 135 Å². The Morgan fingerprint density at radius 2 is 1.74 bits per heavy atom. The van der Waals surface area contributed by atoms with Crippen molar-refractivity contribution in [3.05, 3.63) is 35.9 Å². The van der Waals surface area contributed by atoms with Gasteiger partial charge in [0.15, 0.2) is 10.8 Å². The molecule has 1 heterocycles. The van der Waals surface area contributed by atoms with Gasteiger partial charge in [0, 0.05) is 14.2 Å². The first-order valence-electron chi connectivity index (χ1n) is 7.43. The lowest BCUT2D eigenvalue weighted by Gasteiger charge is -2.31. The molecule has 0 radical (unpaired) electrons. The van der Waals surface area contributed by atoms with Crippen LogP contribution in [-0.2, 0) is 14.9 Å². The molecule has 0 bridgehead atoms. The number of ether oxygens (including phenoxy) is 2. The summed E-state index contributed by atoms with van der Waals surface area (Å²) in [6.07, 6.45) is 0.551. The number of methoxy groups -OCH3 is 2. The van der Waals surface area contributed by atoms with Gasteiger partial charge in [-0.2, -0.15) is 10.5 Å². The highest BCUT2D eigenvalue weighted by Gasteiger charge is 3.03. The topological polar surface area (TPSA) is 106 Å². The molecule has 2 aliphatic rings. The molecule has 6 heteroatoms. The van der Waals surface area contributed by atoms with E-state index >= 15 is 0 Å². The van der Waals surface area contributed by atoms with Gasteiger partial charge in [0.05, 0.1) is 17.6 Å². The van der Waals surface area contributed by atoms with Gasteiger partial charge in [0.1, 0.15) is 0 Å². The zero-order valence-electron chi connectivity index (χ0n) is 13.4. The van der Waals surface area contributed by atoms with E-state index in [-0.39, 0.29) is 5.84 Å². The van der Waals surface area contributed by atoms with Gasteiger partial charge in [-0.25, -0.2) is 4.99 Å². The molecular formula is C17H19N4O2+. The molecule has 23 heavy (non-hydrogen) atoms. The van der Waals surface area contributed by atoms with Gasteiger partial charge in [-0.05, 0) is 12.0 Å². The lowest BCUT2D eigenvalue weighted by atomic mass is 9.80. The SMILES string of the molecule is CC[C@@]1(c2ccccc2)[C@]2(C#N)C(N)=[NH+]C(OC)(OC)[C@@]21C#N. The zero-order valence-corrected chi connectivity index (χ0v) is 13.4. The van der Waals surface area contributed by atoms with Gasteiger partial charge in [-0.1, -0.05) is 37.3 Å². The van der Waals surface area contributed by atoms with E-state index in [1.807, 2.05) is 37.3 Å². The number of amidine groups is 1. The van der Waals surface area contributed by atoms with E-state index in [2.05, 4.69) is 17.1 Å².